The van der Waals surface area contributed by atoms with Gasteiger partial charge in [-0.3, -0.25) is 4.79 Å². The Kier molecular flexibility index (Phi) is 3.78. The van der Waals surface area contributed by atoms with Gasteiger partial charge >= 0.3 is 0 Å². The highest BCUT2D eigenvalue weighted by Gasteiger charge is 2.22. The van der Waals surface area contributed by atoms with Crippen LogP contribution in [0.3, 0.4) is 0 Å². The highest BCUT2D eigenvalue weighted by Crippen LogP contribution is 2.35. The molecule has 0 fully saturated rings. The van der Waals surface area contributed by atoms with E-state index in [1.807, 2.05) is 23.8 Å². The van der Waals surface area contributed by atoms with Crippen molar-refractivity contribution in [2.45, 2.75) is 26.4 Å². The topological polar surface area (TPSA) is 69.8 Å². The highest BCUT2D eigenvalue weighted by atomic mass is 32.1. The van der Waals surface area contributed by atoms with Crippen LogP contribution in [0.2, 0.25) is 0 Å². The number of aryl methyl sites for hydroxylation is 1. The molecule has 0 aliphatic carbocycles. The molecule has 21 heavy (non-hydrogen) atoms. The molecule has 0 atom stereocenters. The zero-order valence-electron chi connectivity index (χ0n) is 11.8. The van der Waals surface area contributed by atoms with Crippen molar-refractivity contribution in [2.75, 3.05) is 11.9 Å². The second-order valence-electron chi connectivity index (χ2n) is 4.88. The van der Waals surface area contributed by atoms with Gasteiger partial charge in [-0.15, -0.1) is 11.3 Å². The van der Waals surface area contributed by atoms with Gasteiger partial charge in [0.15, 0.2) is 0 Å². The number of fused-ring (bicyclic) bond motifs is 1. The van der Waals surface area contributed by atoms with Crippen molar-refractivity contribution in [3.63, 3.8) is 0 Å². The van der Waals surface area contributed by atoms with E-state index >= 15 is 0 Å². The van der Waals surface area contributed by atoms with Crippen LogP contribution in [0.25, 0.3) is 0 Å². The lowest BCUT2D eigenvalue weighted by atomic mass is 10.1. The number of amides is 1. The lowest BCUT2D eigenvalue weighted by Crippen LogP contribution is -2.22. The molecule has 2 aromatic heterocycles. The Morgan fingerprint density at radius 1 is 1.62 bits per heavy atom. The summed E-state index contributed by atoms with van der Waals surface area (Å²) in [6.45, 7) is 4.39. The van der Waals surface area contributed by atoms with Crippen LogP contribution in [0.15, 0.2) is 18.3 Å². The Bertz CT molecular complexity index is 723. The number of rotatable bonds is 3. The second-order valence-corrected chi connectivity index (χ2v) is 5.99. The summed E-state index contributed by atoms with van der Waals surface area (Å²) in [6.07, 6.45) is 2.72. The summed E-state index contributed by atoms with van der Waals surface area (Å²) in [6, 6.07) is 5.89. The Morgan fingerprint density at radius 2 is 2.48 bits per heavy atom. The van der Waals surface area contributed by atoms with Crippen molar-refractivity contribution in [1.82, 2.24) is 9.88 Å². The summed E-state index contributed by atoms with van der Waals surface area (Å²) < 4.78 is 1.89. The standard InChI is InChI=1S/C15H16N4OS/c1-2-19-7-3-4-12(19)14(20)18-15-11(8-16)10-5-6-17-9-13(10)21-15/h3-4,7,17H,2,5-6,9H2,1H3,(H,18,20). The third-order valence-electron chi connectivity index (χ3n) is 3.67. The van der Waals surface area contributed by atoms with E-state index in [2.05, 4.69) is 16.7 Å². The van der Waals surface area contributed by atoms with Crippen LogP contribution in [-0.4, -0.2) is 17.0 Å². The SMILES string of the molecule is CCn1cccc1C(=O)Nc1sc2c(c1C#N)CCNC2. The molecule has 3 heterocycles. The van der Waals surface area contributed by atoms with Crippen molar-refractivity contribution in [3.05, 3.63) is 40.0 Å². The molecule has 0 unspecified atom stereocenters. The van der Waals surface area contributed by atoms with Gasteiger partial charge in [-0.1, -0.05) is 0 Å². The zero-order chi connectivity index (χ0) is 14.8. The van der Waals surface area contributed by atoms with Crippen molar-refractivity contribution in [2.24, 2.45) is 0 Å². The fourth-order valence-electron chi connectivity index (χ4n) is 2.60. The molecule has 6 heteroatoms. The van der Waals surface area contributed by atoms with Crippen molar-refractivity contribution in [3.8, 4) is 6.07 Å². The quantitative estimate of drug-likeness (QED) is 0.914. The third kappa shape index (κ3) is 2.46. The van der Waals surface area contributed by atoms with E-state index in [1.165, 1.54) is 11.3 Å². The summed E-state index contributed by atoms with van der Waals surface area (Å²) in [4.78, 5) is 13.5. The number of hydrogen-bond donors (Lipinski definition) is 2. The summed E-state index contributed by atoms with van der Waals surface area (Å²) in [5.74, 6) is -0.162. The number of aromatic nitrogens is 1. The predicted octanol–water partition coefficient (Wildman–Crippen LogP) is 2.34. The number of nitriles is 1. The van der Waals surface area contributed by atoms with E-state index in [9.17, 15) is 10.1 Å². The van der Waals surface area contributed by atoms with Gasteiger partial charge in [0.05, 0.1) is 5.56 Å². The Labute approximate surface area is 127 Å². The van der Waals surface area contributed by atoms with Gasteiger partial charge in [-0.2, -0.15) is 5.26 Å². The minimum absolute atomic E-state index is 0.162. The Morgan fingerprint density at radius 3 is 3.24 bits per heavy atom. The molecule has 0 saturated carbocycles. The van der Waals surface area contributed by atoms with Crippen LogP contribution in [0.1, 0.15) is 33.4 Å². The van der Waals surface area contributed by atoms with Gasteiger partial charge in [0.1, 0.15) is 16.8 Å². The van der Waals surface area contributed by atoms with Crippen LogP contribution in [0.4, 0.5) is 5.00 Å². The monoisotopic (exact) mass is 300 g/mol. The number of hydrogen-bond acceptors (Lipinski definition) is 4. The first-order valence-corrected chi connectivity index (χ1v) is 7.78. The van der Waals surface area contributed by atoms with E-state index in [1.54, 1.807) is 6.07 Å². The fraction of sp³-hybridized carbons (Fsp3) is 0.333. The molecule has 5 nitrogen and oxygen atoms in total. The predicted molar refractivity (Wildman–Crippen MR) is 82.5 cm³/mol. The molecular weight excluding hydrogens is 284 g/mol. The molecule has 0 aromatic carbocycles. The zero-order valence-corrected chi connectivity index (χ0v) is 12.6. The second kappa shape index (κ2) is 5.72. The molecule has 2 N–H and O–H groups in total. The lowest BCUT2D eigenvalue weighted by Gasteiger charge is -2.11. The minimum atomic E-state index is -0.162. The van der Waals surface area contributed by atoms with Crippen LogP contribution < -0.4 is 10.6 Å². The largest absolute Gasteiger partial charge is 0.344 e. The summed E-state index contributed by atoms with van der Waals surface area (Å²) in [7, 11) is 0. The maximum Gasteiger partial charge on any atom is 0.272 e. The fourth-order valence-corrected chi connectivity index (χ4v) is 3.77. The first-order valence-electron chi connectivity index (χ1n) is 6.96. The summed E-state index contributed by atoms with van der Waals surface area (Å²) in [5.41, 5.74) is 2.33. The van der Waals surface area contributed by atoms with Gasteiger partial charge < -0.3 is 15.2 Å². The molecule has 1 aliphatic rings. The van der Waals surface area contributed by atoms with Gasteiger partial charge in [-0.05, 0) is 37.6 Å². The van der Waals surface area contributed by atoms with E-state index < -0.39 is 0 Å². The van der Waals surface area contributed by atoms with Gasteiger partial charge in [-0.25, -0.2) is 0 Å². The first kappa shape index (κ1) is 13.9. The van der Waals surface area contributed by atoms with E-state index in [-0.39, 0.29) is 5.91 Å². The molecule has 3 rings (SSSR count). The first-order chi connectivity index (χ1) is 10.2. The van der Waals surface area contributed by atoms with Crippen LogP contribution in [0, 0.1) is 11.3 Å². The van der Waals surface area contributed by atoms with E-state index in [0.29, 0.717) is 16.3 Å². The van der Waals surface area contributed by atoms with Crippen LogP contribution >= 0.6 is 11.3 Å². The average Bonchev–Trinajstić information content (AvgIpc) is 3.10. The normalized spacial score (nSPS) is 13.5. The molecule has 0 spiro atoms. The number of anilines is 1. The summed E-state index contributed by atoms with van der Waals surface area (Å²) in [5, 5.41) is 16.2. The molecule has 108 valence electrons. The molecule has 0 radical (unpaired) electrons. The minimum Gasteiger partial charge on any atom is -0.344 e. The number of carbonyl (C=O) groups excluding carboxylic acids is 1. The smallest absolute Gasteiger partial charge is 0.272 e. The van der Waals surface area contributed by atoms with Crippen molar-refractivity contribution in [1.29, 1.82) is 5.26 Å². The number of thiophene rings is 1. The molecule has 0 bridgehead atoms. The summed E-state index contributed by atoms with van der Waals surface area (Å²) >= 11 is 1.50. The molecular formula is C15H16N4OS. The molecule has 2 aromatic rings. The maximum absolute atomic E-state index is 12.4. The van der Waals surface area contributed by atoms with Crippen molar-refractivity contribution >= 4 is 22.2 Å². The number of nitrogens with one attached hydrogen (secondary N) is 2. The van der Waals surface area contributed by atoms with Crippen LogP contribution in [0.5, 0.6) is 0 Å². The van der Waals surface area contributed by atoms with E-state index in [0.717, 1.165) is 36.5 Å². The lowest BCUT2D eigenvalue weighted by molar-refractivity contribution is 0.101. The number of nitrogens with zero attached hydrogens (tertiary/aromatic N) is 2. The maximum atomic E-state index is 12.4. The molecule has 1 amide bonds. The Balaban J connectivity index is 1.90. The van der Waals surface area contributed by atoms with E-state index in [4.69, 9.17) is 0 Å². The molecule has 0 saturated heterocycles. The number of carbonyl (C=O) groups is 1. The Hall–Kier alpha value is -2.10. The third-order valence-corrected chi connectivity index (χ3v) is 4.82. The van der Waals surface area contributed by atoms with Gasteiger partial charge in [0, 0.05) is 24.2 Å². The van der Waals surface area contributed by atoms with Gasteiger partial charge in [0.25, 0.3) is 5.91 Å². The van der Waals surface area contributed by atoms with Crippen molar-refractivity contribution < 1.29 is 4.79 Å². The highest BCUT2D eigenvalue weighted by molar-refractivity contribution is 7.16. The van der Waals surface area contributed by atoms with Gasteiger partial charge in [0.2, 0.25) is 0 Å². The molecule has 1 aliphatic heterocycles. The average molecular weight is 300 g/mol. The van der Waals surface area contributed by atoms with Crippen LogP contribution in [-0.2, 0) is 19.5 Å².